The maximum absolute atomic E-state index is 11.7. The molecule has 1 aromatic heterocycles. The number of thiazole rings is 1. The lowest BCUT2D eigenvalue weighted by molar-refractivity contribution is -0.117. The number of rotatable bonds is 7. The zero-order valence-corrected chi connectivity index (χ0v) is 14.3. The standard InChI is InChI=1S/C16H19ClN2O2S/c1-3-21-7-6-15(20)19-16-18-10-13(22-16)8-12-5-4-11(2)14(17)9-12/h4-5,9-10H,3,6-8H2,1-2H3,(H,18,19,20). The van der Waals surface area contributed by atoms with E-state index in [9.17, 15) is 4.79 Å². The summed E-state index contributed by atoms with van der Waals surface area (Å²) in [6, 6.07) is 6.04. The molecular weight excluding hydrogens is 320 g/mol. The molecule has 2 aromatic rings. The minimum Gasteiger partial charge on any atom is -0.381 e. The van der Waals surface area contributed by atoms with Crippen LogP contribution in [-0.2, 0) is 16.0 Å². The Morgan fingerprint density at radius 2 is 2.27 bits per heavy atom. The van der Waals surface area contributed by atoms with Gasteiger partial charge in [0.1, 0.15) is 0 Å². The van der Waals surface area contributed by atoms with Crippen LogP contribution in [0.15, 0.2) is 24.4 Å². The highest BCUT2D eigenvalue weighted by atomic mass is 35.5. The van der Waals surface area contributed by atoms with Gasteiger partial charge in [0.15, 0.2) is 5.13 Å². The van der Waals surface area contributed by atoms with Crippen molar-refractivity contribution in [3.05, 3.63) is 45.4 Å². The Bertz CT molecular complexity index is 643. The van der Waals surface area contributed by atoms with Gasteiger partial charge in [0, 0.05) is 29.1 Å². The maximum Gasteiger partial charge on any atom is 0.228 e. The van der Waals surface area contributed by atoms with E-state index in [0.29, 0.717) is 24.8 Å². The maximum atomic E-state index is 11.7. The fourth-order valence-electron chi connectivity index (χ4n) is 1.89. The van der Waals surface area contributed by atoms with Crippen molar-refractivity contribution in [2.45, 2.75) is 26.7 Å². The van der Waals surface area contributed by atoms with Gasteiger partial charge in [0.2, 0.25) is 5.91 Å². The molecule has 0 aliphatic heterocycles. The van der Waals surface area contributed by atoms with Crippen LogP contribution in [0.5, 0.6) is 0 Å². The van der Waals surface area contributed by atoms with Gasteiger partial charge < -0.3 is 10.1 Å². The SMILES string of the molecule is CCOCCC(=O)Nc1ncc(Cc2ccc(C)c(Cl)c2)s1. The van der Waals surface area contributed by atoms with Crippen molar-refractivity contribution in [1.29, 1.82) is 0 Å². The predicted molar refractivity (Wildman–Crippen MR) is 90.8 cm³/mol. The van der Waals surface area contributed by atoms with Crippen LogP contribution in [0.25, 0.3) is 0 Å². The second kappa shape index (κ2) is 8.27. The summed E-state index contributed by atoms with van der Waals surface area (Å²) in [6.45, 7) is 4.94. The Hall–Kier alpha value is -1.43. The van der Waals surface area contributed by atoms with Gasteiger partial charge in [0.05, 0.1) is 13.0 Å². The number of aryl methyl sites for hydroxylation is 1. The van der Waals surface area contributed by atoms with Crippen molar-refractivity contribution in [1.82, 2.24) is 4.98 Å². The van der Waals surface area contributed by atoms with Gasteiger partial charge in [0.25, 0.3) is 0 Å². The lowest BCUT2D eigenvalue weighted by Crippen LogP contribution is -2.13. The average Bonchev–Trinajstić information content (AvgIpc) is 2.90. The van der Waals surface area contributed by atoms with E-state index in [0.717, 1.165) is 27.4 Å². The molecule has 1 amide bonds. The van der Waals surface area contributed by atoms with E-state index in [1.807, 2.05) is 26.0 Å². The highest BCUT2D eigenvalue weighted by molar-refractivity contribution is 7.15. The molecule has 0 atom stereocenters. The number of nitrogens with one attached hydrogen (secondary N) is 1. The number of nitrogens with zero attached hydrogens (tertiary/aromatic N) is 1. The highest BCUT2D eigenvalue weighted by Crippen LogP contribution is 2.23. The molecule has 1 heterocycles. The lowest BCUT2D eigenvalue weighted by atomic mass is 10.1. The molecule has 0 bridgehead atoms. The Labute approximate surface area is 139 Å². The normalized spacial score (nSPS) is 10.7. The van der Waals surface area contributed by atoms with Crippen LogP contribution in [-0.4, -0.2) is 24.1 Å². The summed E-state index contributed by atoms with van der Waals surface area (Å²) in [6.07, 6.45) is 2.89. The third-order valence-electron chi connectivity index (χ3n) is 3.09. The summed E-state index contributed by atoms with van der Waals surface area (Å²) in [5, 5.41) is 4.18. The monoisotopic (exact) mass is 338 g/mol. The number of anilines is 1. The quantitative estimate of drug-likeness (QED) is 0.774. The second-order valence-corrected chi connectivity index (χ2v) is 6.41. The third-order valence-corrected chi connectivity index (χ3v) is 4.41. The molecule has 0 aliphatic rings. The average molecular weight is 339 g/mol. The van der Waals surface area contributed by atoms with E-state index >= 15 is 0 Å². The number of benzene rings is 1. The van der Waals surface area contributed by atoms with Crippen LogP contribution >= 0.6 is 22.9 Å². The van der Waals surface area contributed by atoms with Gasteiger partial charge in [-0.2, -0.15) is 0 Å². The molecule has 0 saturated heterocycles. The summed E-state index contributed by atoms with van der Waals surface area (Å²) in [5.74, 6) is -0.0762. The van der Waals surface area contributed by atoms with Crippen LogP contribution in [0.1, 0.15) is 29.3 Å². The van der Waals surface area contributed by atoms with E-state index < -0.39 is 0 Å². The minimum atomic E-state index is -0.0762. The Morgan fingerprint density at radius 1 is 1.45 bits per heavy atom. The first-order chi connectivity index (χ1) is 10.6. The molecule has 2 rings (SSSR count). The number of amides is 1. The summed E-state index contributed by atoms with van der Waals surface area (Å²) < 4.78 is 5.16. The first kappa shape index (κ1) is 16.9. The zero-order valence-electron chi connectivity index (χ0n) is 12.7. The van der Waals surface area contributed by atoms with Crippen molar-refractivity contribution in [2.24, 2.45) is 0 Å². The molecule has 0 fully saturated rings. The largest absolute Gasteiger partial charge is 0.381 e. The van der Waals surface area contributed by atoms with Crippen molar-refractivity contribution >= 4 is 34.0 Å². The van der Waals surface area contributed by atoms with Crippen molar-refractivity contribution in [3.8, 4) is 0 Å². The number of ether oxygens (including phenoxy) is 1. The molecule has 6 heteroatoms. The van der Waals surface area contributed by atoms with E-state index in [1.165, 1.54) is 11.3 Å². The van der Waals surface area contributed by atoms with Gasteiger partial charge in [-0.25, -0.2) is 4.98 Å². The van der Waals surface area contributed by atoms with Crippen LogP contribution < -0.4 is 5.32 Å². The second-order valence-electron chi connectivity index (χ2n) is 4.89. The van der Waals surface area contributed by atoms with E-state index in [-0.39, 0.29) is 5.91 Å². The van der Waals surface area contributed by atoms with Crippen molar-refractivity contribution in [3.63, 3.8) is 0 Å². The summed E-state index contributed by atoms with van der Waals surface area (Å²) in [5.41, 5.74) is 2.20. The lowest BCUT2D eigenvalue weighted by Gasteiger charge is -2.02. The van der Waals surface area contributed by atoms with Crippen molar-refractivity contribution < 1.29 is 9.53 Å². The fraction of sp³-hybridized carbons (Fsp3) is 0.375. The van der Waals surface area contributed by atoms with E-state index in [1.54, 1.807) is 6.20 Å². The van der Waals surface area contributed by atoms with Gasteiger partial charge in [-0.05, 0) is 31.0 Å². The summed E-state index contributed by atoms with van der Waals surface area (Å²) in [7, 11) is 0. The molecule has 4 nitrogen and oxygen atoms in total. The first-order valence-electron chi connectivity index (χ1n) is 7.15. The Balaban J connectivity index is 1.90. The molecule has 118 valence electrons. The first-order valence-corrected chi connectivity index (χ1v) is 8.35. The zero-order chi connectivity index (χ0) is 15.9. The summed E-state index contributed by atoms with van der Waals surface area (Å²) in [4.78, 5) is 17.0. The molecular formula is C16H19ClN2O2S. The van der Waals surface area contributed by atoms with Crippen LogP contribution in [0.4, 0.5) is 5.13 Å². The van der Waals surface area contributed by atoms with E-state index in [2.05, 4.69) is 16.4 Å². The molecule has 1 aromatic carbocycles. The molecule has 0 radical (unpaired) electrons. The van der Waals surface area contributed by atoms with Gasteiger partial charge in [-0.3, -0.25) is 4.79 Å². The third kappa shape index (κ3) is 5.09. The Kier molecular flexibility index (Phi) is 6.36. The minimum absolute atomic E-state index is 0.0762. The molecule has 0 unspecified atom stereocenters. The predicted octanol–water partition coefficient (Wildman–Crippen LogP) is 4.06. The number of aromatic nitrogens is 1. The molecule has 1 N–H and O–H groups in total. The number of carbonyl (C=O) groups excluding carboxylic acids is 1. The number of carbonyl (C=O) groups is 1. The number of hydrogen-bond donors (Lipinski definition) is 1. The van der Waals surface area contributed by atoms with Crippen LogP contribution in [0, 0.1) is 6.92 Å². The molecule has 0 aliphatic carbocycles. The summed E-state index contributed by atoms with van der Waals surface area (Å²) >= 11 is 7.61. The highest BCUT2D eigenvalue weighted by Gasteiger charge is 2.08. The Morgan fingerprint density at radius 3 is 3.00 bits per heavy atom. The molecule has 0 spiro atoms. The van der Waals surface area contributed by atoms with Crippen LogP contribution in [0.3, 0.4) is 0 Å². The number of halogens is 1. The topological polar surface area (TPSA) is 51.2 Å². The van der Waals surface area contributed by atoms with Crippen molar-refractivity contribution in [2.75, 3.05) is 18.5 Å². The molecule has 0 saturated carbocycles. The molecule has 22 heavy (non-hydrogen) atoms. The van der Waals surface area contributed by atoms with Crippen LogP contribution in [0.2, 0.25) is 5.02 Å². The smallest absolute Gasteiger partial charge is 0.228 e. The van der Waals surface area contributed by atoms with Gasteiger partial charge >= 0.3 is 0 Å². The fourth-order valence-corrected chi connectivity index (χ4v) is 2.95. The van der Waals surface area contributed by atoms with Gasteiger partial charge in [-0.1, -0.05) is 23.7 Å². The van der Waals surface area contributed by atoms with Gasteiger partial charge in [-0.15, -0.1) is 11.3 Å². The number of hydrogen-bond acceptors (Lipinski definition) is 4. The van der Waals surface area contributed by atoms with E-state index in [4.69, 9.17) is 16.3 Å².